The molecule has 0 aliphatic carbocycles. The van der Waals surface area contributed by atoms with E-state index in [1.165, 1.54) is 0 Å². The van der Waals surface area contributed by atoms with Crippen LogP contribution in [0, 0.1) is 0 Å². The van der Waals surface area contributed by atoms with Crippen LogP contribution in [-0.4, -0.2) is 46.2 Å². The number of alkyl halides is 3. The highest BCUT2D eigenvalue weighted by Gasteiger charge is 2.43. The van der Waals surface area contributed by atoms with Gasteiger partial charge in [-0.15, -0.1) is 0 Å². The van der Waals surface area contributed by atoms with Gasteiger partial charge in [0.25, 0.3) is 0 Å². The van der Waals surface area contributed by atoms with Crippen molar-refractivity contribution in [1.82, 2.24) is 15.0 Å². The second kappa shape index (κ2) is 12.0. The van der Waals surface area contributed by atoms with E-state index in [1.807, 2.05) is 54.6 Å². The smallest absolute Gasteiger partial charge is 0.493 e. The van der Waals surface area contributed by atoms with E-state index < -0.39 is 24.0 Å². The number of rotatable bonds is 10. The molecule has 0 saturated carbocycles. The van der Waals surface area contributed by atoms with Crippen molar-refractivity contribution in [3.63, 3.8) is 0 Å². The van der Waals surface area contributed by atoms with Crippen LogP contribution in [0.15, 0.2) is 79.3 Å². The molecule has 5 rings (SSSR count). The molecule has 41 heavy (non-hydrogen) atoms. The van der Waals surface area contributed by atoms with Crippen LogP contribution < -0.4 is 10.1 Å². The minimum absolute atomic E-state index is 0.378. The molecule has 0 amide bonds. The van der Waals surface area contributed by atoms with Crippen LogP contribution in [0.4, 0.5) is 19.1 Å². The molecule has 0 spiro atoms. The highest BCUT2D eigenvalue weighted by atomic mass is 19.4. The number of imidazole rings is 1. The van der Waals surface area contributed by atoms with Crippen molar-refractivity contribution < 1.29 is 37.3 Å². The first kappa shape index (κ1) is 27.6. The van der Waals surface area contributed by atoms with E-state index in [0.29, 0.717) is 30.4 Å². The van der Waals surface area contributed by atoms with Crippen LogP contribution in [0.1, 0.15) is 29.9 Å². The summed E-state index contributed by atoms with van der Waals surface area (Å²) in [6.45, 7) is 1.14. The summed E-state index contributed by atoms with van der Waals surface area (Å²) in [6, 6.07) is 18.8. The van der Waals surface area contributed by atoms with Gasteiger partial charge >= 0.3 is 18.1 Å². The Kier molecular flexibility index (Phi) is 8.09. The van der Waals surface area contributed by atoms with Gasteiger partial charge in [-0.2, -0.15) is 13.2 Å². The summed E-state index contributed by atoms with van der Waals surface area (Å²) in [7, 11) is 0. The van der Waals surface area contributed by atoms with Crippen LogP contribution in [0.5, 0.6) is 5.75 Å². The highest BCUT2D eigenvalue weighted by molar-refractivity contribution is 5.88. The first-order valence-electron chi connectivity index (χ1n) is 12.7. The lowest BCUT2D eigenvalue weighted by molar-refractivity contribution is -0.285. The number of nitrogens with zero attached hydrogens (tertiary/aromatic N) is 1. The van der Waals surface area contributed by atoms with Gasteiger partial charge in [-0.3, -0.25) is 0 Å². The third-order valence-electron chi connectivity index (χ3n) is 6.43. The molecular formula is C29H25F3N4O5. The molecule has 1 unspecified atom stereocenters. The van der Waals surface area contributed by atoms with Crippen LogP contribution >= 0.6 is 0 Å². The maximum absolute atomic E-state index is 12.5. The molecule has 0 saturated heterocycles. The summed E-state index contributed by atoms with van der Waals surface area (Å²) in [6.07, 6.45) is 0.196. The van der Waals surface area contributed by atoms with Crippen molar-refractivity contribution in [3.8, 4) is 5.75 Å². The van der Waals surface area contributed by atoms with Crippen molar-refractivity contribution in [1.29, 1.82) is 0 Å². The lowest BCUT2D eigenvalue weighted by Gasteiger charge is -2.17. The minimum Gasteiger partial charge on any atom is -0.493 e. The summed E-state index contributed by atoms with van der Waals surface area (Å²) in [5.41, 5.74) is 2.19. The lowest BCUT2D eigenvalue weighted by Crippen LogP contribution is -2.27. The highest BCUT2D eigenvalue weighted by Crippen LogP contribution is 2.36. The number of hydrogen-bond donors (Lipinski definition) is 3. The number of carbonyl (C=O) groups is 2. The second-order valence-corrected chi connectivity index (χ2v) is 9.21. The fraction of sp³-hybridized carbons (Fsp3) is 0.207. The Bertz CT molecular complexity index is 1650. The maximum atomic E-state index is 12.5. The number of hydrogen-bond acceptors (Lipinski definition) is 7. The largest absolute Gasteiger partial charge is 0.495 e. The number of carbonyl (C=O) groups excluding carboxylic acids is 2. The van der Waals surface area contributed by atoms with Gasteiger partial charge < -0.3 is 20.0 Å². The first-order valence-corrected chi connectivity index (χ1v) is 12.7. The number of H-pyrrole nitrogens is 2. The monoisotopic (exact) mass is 566 g/mol. The zero-order valence-corrected chi connectivity index (χ0v) is 21.5. The van der Waals surface area contributed by atoms with Gasteiger partial charge in [0.1, 0.15) is 5.75 Å². The molecule has 0 aliphatic rings. The molecule has 0 radical (unpaired) electrons. The Balaban J connectivity index is 1.33. The topological polar surface area (TPSA) is 118 Å². The Morgan fingerprint density at radius 2 is 1.80 bits per heavy atom. The molecular weight excluding hydrogens is 541 g/mol. The van der Waals surface area contributed by atoms with E-state index in [9.17, 15) is 22.8 Å². The minimum atomic E-state index is -5.29. The van der Waals surface area contributed by atoms with Crippen molar-refractivity contribution in [2.45, 2.75) is 24.9 Å². The van der Waals surface area contributed by atoms with Gasteiger partial charge in [-0.25, -0.2) is 24.3 Å². The van der Waals surface area contributed by atoms with Crippen LogP contribution in [0.2, 0.25) is 0 Å². The normalized spacial score (nSPS) is 12.3. The van der Waals surface area contributed by atoms with Crippen molar-refractivity contribution in [2.24, 2.45) is 0 Å². The van der Waals surface area contributed by atoms with E-state index in [4.69, 9.17) is 4.74 Å². The van der Waals surface area contributed by atoms with Gasteiger partial charge in [0.15, 0.2) is 5.95 Å². The second-order valence-electron chi connectivity index (χ2n) is 9.21. The number of aromatic amines is 2. The van der Waals surface area contributed by atoms with Gasteiger partial charge in [0.2, 0.25) is 0 Å². The Morgan fingerprint density at radius 1 is 0.976 bits per heavy atom. The Labute approximate surface area is 231 Å². The molecule has 9 nitrogen and oxygen atoms in total. The average Bonchev–Trinajstić information content (AvgIpc) is 3.63. The van der Waals surface area contributed by atoms with Gasteiger partial charge in [-0.1, -0.05) is 42.5 Å². The van der Waals surface area contributed by atoms with Gasteiger partial charge in [-0.05, 0) is 40.5 Å². The maximum Gasteiger partial charge on any atom is 0.495 e. The molecule has 2 heterocycles. The van der Waals surface area contributed by atoms with E-state index >= 15 is 0 Å². The number of anilines is 1. The summed E-state index contributed by atoms with van der Waals surface area (Å²) in [5.74, 6) is -3.02. The van der Waals surface area contributed by atoms with Crippen LogP contribution in [0.25, 0.3) is 21.7 Å². The molecule has 0 aliphatic heterocycles. The molecule has 212 valence electrons. The van der Waals surface area contributed by atoms with Crippen molar-refractivity contribution in [2.75, 3.05) is 18.5 Å². The van der Waals surface area contributed by atoms with E-state index in [1.54, 1.807) is 24.7 Å². The number of fused-ring (bicyclic) bond motifs is 2. The third kappa shape index (κ3) is 6.78. The number of halogens is 3. The van der Waals surface area contributed by atoms with Crippen LogP contribution in [0.3, 0.4) is 0 Å². The summed E-state index contributed by atoms with van der Waals surface area (Å²) in [5, 5.41) is 5.84. The quantitative estimate of drug-likeness (QED) is 0.108. The first-order chi connectivity index (χ1) is 19.8. The summed E-state index contributed by atoms with van der Waals surface area (Å²) in [4.78, 5) is 41.8. The fourth-order valence-electron chi connectivity index (χ4n) is 4.50. The van der Waals surface area contributed by atoms with Gasteiger partial charge in [0.05, 0.1) is 13.0 Å². The molecule has 1 atom stereocenters. The average molecular weight is 567 g/mol. The predicted molar refractivity (Wildman–Crippen MR) is 144 cm³/mol. The zero-order chi connectivity index (χ0) is 28.8. The van der Waals surface area contributed by atoms with E-state index in [0.717, 1.165) is 33.7 Å². The number of ether oxygens (including phenoxy) is 1. The van der Waals surface area contributed by atoms with Crippen molar-refractivity contribution in [3.05, 3.63) is 90.4 Å². The molecule has 3 N–H and O–H groups in total. The van der Waals surface area contributed by atoms with Crippen LogP contribution in [-0.2, 0) is 19.4 Å². The van der Waals surface area contributed by atoms with E-state index in [2.05, 4.69) is 30.0 Å². The van der Waals surface area contributed by atoms with Gasteiger partial charge in [0, 0.05) is 48.0 Å². The molecule has 2 aromatic heterocycles. The fourth-order valence-corrected chi connectivity index (χ4v) is 4.50. The molecule has 3 aromatic carbocycles. The molecule has 0 bridgehead atoms. The number of benzene rings is 3. The number of aromatic nitrogens is 3. The molecule has 5 aromatic rings. The molecule has 12 heteroatoms. The predicted octanol–water partition coefficient (Wildman–Crippen LogP) is 6.01. The summed E-state index contributed by atoms with van der Waals surface area (Å²) >= 11 is 0. The summed E-state index contributed by atoms with van der Waals surface area (Å²) < 4.78 is 43.4. The Hall–Kier alpha value is -5.00. The lowest BCUT2D eigenvalue weighted by atomic mass is 9.87. The van der Waals surface area contributed by atoms with E-state index in [-0.39, 0.29) is 6.42 Å². The zero-order valence-electron chi connectivity index (χ0n) is 21.5. The van der Waals surface area contributed by atoms with Crippen molar-refractivity contribution >= 4 is 39.6 Å². The SMILES string of the molecule is O=C(CC(c1ccc2ccccc2c1)c1c[nH]c2cc(OCCCNc3ncc[nH]3)ccc12)OOC(=O)C(F)(F)F. The standard InChI is InChI=1S/C29H25F3N4O5/c30-29(31,32)27(38)41-40-26(37)16-23(20-7-6-18-4-1-2-5-19(18)14-20)24-17-36-25-15-21(8-9-22(24)25)39-13-3-10-33-28-34-11-12-35-28/h1-2,4-9,11-12,14-15,17,23,36H,3,10,13,16H2,(H2,33,34,35). The third-order valence-corrected chi connectivity index (χ3v) is 6.43. The Morgan fingerprint density at radius 3 is 2.59 bits per heavy atom. The molecule has 0 fully saturated rings. The number of nitrogens with one attached hydrogen (secondary N) is 3.